The van der Waals surface area contributed by atoms with Gasteiger partial charge in [0.25, 0.3) is 0 Å². The number of rotatable bonds is 3. The minimum absolute atomic E-state index is 0.179. The summed E-state index contributed by atoms with van der Waals surface area (Å²) in [5.41, 5.74) is 2.13. The van der Waals surface area contributed by atoms with Gasteiger partial charge >= 0.3 is 5.69 Å². The summed E-state index contributed by atoms with van der Waals surface area (Å²) in [6, 6.07) is 17.5. The van der Waals surface area contributed by atoms with Gasteiger partial charge in [0.2, 0.25) is 0 Å². The third-order valence-corrected chi connectivity index (χ3v) is 5.19. The Morgan fingerprint density at radius 2 is 1.43 bits per heavy atom. The Labute approximate surface area is 171 Å². The lowest BCUT2D eigenvalue weighted by Gasteiger charge is -2.22. The van der Waals surface area contributed by atoms with Gasteiger partial charge in [-0.15, -0.1) is 0 Å². The Morgan fingerprint density at radius 3 is 2.07 bits per heavy atom. The molecule has 6 heteroatoms. The van der Waals surface area contributed by atoms with Gasteiger partial charge in [-0.2, -0.15) is 0 Å². The van der Waals surface area contributed by atoms with Crippen LogP contribution in [0.4, 0.5) is 0 Å². The molecule has 0 bridgehead atoms. The number of carbonyl (C=O) groups excluding carboxylic acids is 2. The van der Waals surface area contributed by atoms with E-state index in [0.29, 0.717) is 33.6 Å². The standard InChI is InChI=1S/C24H18N2O4/c1-13(2)30-18-12-17-21(25-24(29)26(17)14-8-4-3-5-9-14)20-19(18)22(27)15-10-6-7-11-16(15)23(20)28/h3-13H,1-2H3,(H,25,29). The first-order valence-corrected chi connectivity index (χ1v) is 9.69. The van der Waals surface area contributed by atoms with Gasteiger partial charge in [-0.05, 0) is 26.0 Å². The van der Waals surface area contributed by atoms with Crippen molar-refractivity contribution in [2.45, 2.75) is 20.0 Å². The molecule has 1 heterocycles. The number of hydrogen-bond acceptors (Lipinski definition) is 4. The molecular formula is C24H18N2O4. The maximum Gasteiger partial charge on any atom is 0.331 e. The molecule has 3 aromatic carbocycles. The van der Waals surface area contributed by atoms with Crippen molar-refractivity contribution in [2.75, 3.05) is 0 Å². The fraction of sp³-hybridized carbons (Fsp3) is 0.125. The maximum atomic E-state index is 13.4. The van der Waals surface area contributed by atoms with Crippen molar-refractivity contribution in [3.05, 3.63) is 93.4 Å². The van der Waals surface area contributed by atoms with E-state index in [1.807, 2.05) is 32.0 Å². The minimum atomic E-state index is -0.390. The van der Waals surface area contributed by atoms with Crippen LogP contribution in [0.3, 0.4) is 0 Å². The smallest absolute Gasteiger partial charge is 0.331 e. The van der Waals surface area contributed by atoms with Crippen molar-refractivity contribution < 1.29 is 14.3 Å². The molecule has 0 fully saturated rings. The second kappa shape index (κ2) is 6.56. The highest BCUT2D eigenvalue weighted by atomic mass is 16.5. The summed E-state index contributed by atoms with van der Waals surface area (Å²) in [7, 11) is 0. The number of aromatic nitrogens is 2. The van der Waals surface area contributed by atoms with Gasteiger partial charge in [-0.1, -0.05) is 42.5 Å². The third-order valence-electron chi connectivity index (χ3n) is 5.19. The van der Waals surface area contributed by atoms with Crippen LogP contribution in [0.5, 0.6) is 5.75 Å². The molecule has 0 aliphatic heterocycles. The Hall–Kier alpha value is -3.93. The highest BCUT2D eigenvalue weighted by Gasteiger charge is 2.35. The summed E-state index contributed by atoms with van der Waals surface area (Å²) in [6.45, 7) is 3.70. The maximum absolute atomic E-state index is 13.4. The summed E-state index contributed by atoms with van der Waals surface area (Å²) in [6.07, 6.45) is -0.220. The monoisotopic (exact) mass is 398 g/mol. The van der Waals surface area contributed by atoms with E-state index in [1.165, 1.54) is 4.57 Å². The lowest BCUT2D eigenvalue weighted by molar-refractivity contribution is 0.0975. The van der Waals surface area contributed by atoms with Crippen LogP contribution >= 0.6 is 0 Å². The highest BCUT2D eigenvalue weighted by Crippen LogP contribution is 2.38. The van der Waals surface area contributed by atoms with Crippen LogP contribution in [0.2, 0.25) is 0 Å². The van der Waals surface area contributed by atoms with Gasteiger partial charge in [0.05, 0.1) is 34.0 Å². The Bertz CT molecular complexity index is 1390. The SMILES string of the molecule is CC(C)Oc1cc2c([nH]c(=O)n2-c2ccccc2)c2c1C(=O)c1ccccc1C2=O. The van der Waals surface area contributed by atoms with Gasteiger partial charge < -0.3 is 9.72 Å². The number of benzene rings is 3. The predicted octanol–water partition coefficient (Wildman–Crippen LogP) is 3.88. The first kappa shape index (κ1) is 18.1. The van der Waals surface area contributed by atoms with Crippen LogP contribution in [0.25, 0.3) is 16.7 Å². The fourth-order valence-electron chi connectivity index (χ4n) is 4.00. The number of nitrogens with zero attached hydrogens (tertiary/aromatic N) is 1. The van der Waals surface area contributed by atoms with E-state index in [2.05, 4.69) is 4.98 Å². The van der Waals surface area contributed by atoms with Crippen LogP contribution in [0, 0.1) is 0 Å². The molecule has 30 heavy (non-hydrogen) atoms. The summed E-state index contributed by atoms with van der Waals surface area (Å²) in [5.74, 6) is -0.295. The highest BCUT2D eigenvalue weighted by molar-refractivity contribution is 6.32. The van der Waals surface area contributed by atoms with Crippen LogP contribution in [-0.2, 0) is 0 Å². The molecule has 5 rings (SSSR count). The molecule has 0 saturated heterocycles. The zero-order chi connectivity index (χ0) is 21.0. The van der Waals surface area contributed by atoms with Crippen LogP contribution < -0.4 is 10.4 Å². The van der Waals surface area contributed by atoms with Gasteiger partial charge in [-0.25, -0.2) is 4.79 Å². The molecule has 1 aliphatic rings. The summed E-state index contributed by atoms with van der Waals surface area (Å²) in [5, 5.41) is 0. The Kier molecular flexibility index (Phi) is 3.96. The number of carbonyl (C=O) groups is 2. The van der Waals surface area contributed by atoms with Gasteiger partial charge in [0, 0.05) is 17.2 Å². The van der Waals surface area contributed by atoms with Crippen LogP contribution in [0.15, 0.2) is 65.5 Å². The number of ketones is 2. The molecule has 0 atom stereocenters. The van der Waals surface area contributed by atoms with Crippen LogP contribution in [0.1, 0.15) is 45.7 Å². The Morgan fingerprint density at radius 1 is 0.833 bits per heavy atom. The van der Waals surface area contributed by atoms with E-state index in [1.54, 1.807) is 42.5 Å². The van der Waals surface area contributed by atoms with Crippen LogP contribution in [-0.4, -0.2) is 27.2 Å². The zero-order valence-electron chi connectivity index (χ0n) is 16.4. The number of para-hydroxylation sites is 1. The normalized spacial score (nSPS) is 12.9. The molecule has 6 nitrogen and oxygen atoms in total. The molecule has 4 aromatic rings. The topological polar surface area (TPSA) is 81.2 Å². The molecule has 0 spiro atoms. The number of fused-ring (bicyclic) bond motifs is 4. The van der Waals surface area contributed by atoms with Crippen molar-refractivity contribution in [1.29, 1.82) is 0 Å². The summed E-state index contributed by atoms with van der Waals surface area (Å²) >= 11 is 0. The lowest BCUT2D eigenvalue weighted by Crippen LogP contribution is -2.23. The summed E-state index contributed by atoms with van der Waals surface area (Å²) < 4.78 is 7.44. The van der Waals surface area contributed by atoms with E-state index in [4.69, 9.17) is 4.74 Å². The second-order valence-electron chi connectivity index (χ2n) is 7.49. The predicted molar refractivity (Wildman–Crippen MR) is 113 cm³/mol. The first-order valence-electron chi connectivity index (χ1n) is 9.69. The van der Waals surface area contributed by atoms with Gasteiger partial charge in [-0.3, -0.25) is 14.2 Å². The Balaban J connectivity index is 1.90. The van der Waals surface area contributed by atoms with E-state index >= 15 is 0 Å². The quantitative estimate of drug-likeness (QED) is 0.500. The molecule has 1 N–H and O–H groups in total. The van der Waals surface area contributed by atoms with Crippen molar-refractivity contribution in [3.63, 3.8) is 0 Å². The number of ether oxygens (including phenoxy) is 1. The molecule has 1 aliphatic carbocycles. The molecule has 1 aromatic heterocycles. The minimum Gasteiger partial charge on any atom is -0.490 e. The fourth-order valence-corrected chi connectivity index (χ4v) is 4.00. The van der Waals surface area contributed by atoms with Crippen molar-refractivity contribution in [3.8, 4) is 11.4 Å². The van der Waals surface area contributed by atoms with Gasteiger partial charge in [0.1, 0.15) is 5.75 Å². The molecule has 0 unspecified atom stereocenters. The lowest BCUT2D eigenvalue weighted by atomic mass is 9.83. The van der Waals surface area contributed by atoms with Gasteiger partial charge in [0.15, 0.2) is 11.6 Å². The molecule has 0 radical (unpaired) electrons. The third kappa shape index (κ3) is 2.54. The van der Waals surface area contributed by atoms with Crippen molar-refractivity contribution in [2.24, 2.45) is 0 Å². The number of aromatic amines is 1. The second-order valence-corrected chi connectivity index (χ2v) is 7.49. The largest absolute Gasteiger partial charge is 0.490 e. The van der Waals surface area contributed by atoms with Crippen molar-refractivity contribution in [1.82, 2.24) is 9.55 Å². The molecule has 0 amide bonds. The summed E-state index contributed by atoms with van der Waals surface area (Å²) in [4.78, 5) is 42.4. The molecule has 148 valence electrons. The number of H-pyrrole nitrogens is 1. The number of hydrogen-bond donors (Lipinski definition) is 1. The van der Waals surface area contributed by atoms with E-state index in [-0.39, 0.29) is 34.5 Å². The average molecular weight is 398 g/mol. The van der Waals surface area contributed by atoms with E-state index in [9.17, 15) is 14.4 Å². The average Bonchev–Trinajstić information content (AvgIpc) is 3.07. The first-order chi connectivity index (χ1) is 14.5. The molecular weight excluding hydrogens is 380 g/mol. The zero-order valence-corrected chi connectivity index (χ0v) is 16.4. The number of nitrogens with one attached hydrogen (secondary N) is 1. The van der Waals surface area contributed by atoms with E-state index in [0.717, 1.165) is 0 Å². The number of imidazole rings is 1. The van der Waals surface area contributed by atoms with E-state index < -0.39 is 0 Å². The van der Waals surface area contributed by atoms with Crippen molar-refractivity contribution >= 4 is 22.6 Å². The molecule has 0 saturated carbocycles.